The molecule has 0 radical (unpaired) electrons. The van der Waals surface area contributed by atoms with Crippen LogP contribution in [0.4, 0.5) is 11.5 Å². The lowest BCUT2D eigenvalue weighted by atomic mass is 10.1. The molecule has 1 heterocycles. The number of aromatic nitrogens is 1. The Bertz CT molecular complexity index is 409. The summed E-state index contributed by atoms with van der Waals surface area (Å²) < 4.78 is 0. The van der Waals surface area contributed by atoms with Crippen LogP contribution in [0.2, 0.25) is 0 Å². The monoisotopic (exact) mass is 246 g/mol. The number of unbranched alkanes of at least 4 members (excludes halogenated alkanes) is 1. The van der Waals surface area contributed by atoms with Gasteiger partial charge in [0.15, 0.2) is 5.69 Å². The van der Waals surface area contributed by atoms with Crippen molar-refractivity contribution in [2.45, 2.75) is 52.0 Å². The third-order valence-electron chi connectivity index (χ3n) is 2.93. The van der Waals surface area contributed by atoms with Gasteiger partial charge in [0.2, 0.25) is 0 Å². The molecule has 1 unspecified atom stereocenters. The molecule has 0 bridgehead atoms. The van der Waals surface area contributed by atoms with Gasteiger partial charge in [-0.05, 0) is 25.0 Å². The summed E-state index contributed by atoms with van der Waals surface area (Å²) in [6, 6.07) is 6.01. The first-order chi connectivity index (χ1) is 8.71. The van der Waals surface area contributed by atoms with Crippen molar-refractivity contribution in [3.63, 3.8) is 0 Å². The molecule has 0 spiro atoms. The number of hydrogen-bond acceptors (Lipinski definition) is 4. The smallest absolute Gasteiger partial charge is 0.165 e. The molecule has 4 heteroatoms. The van der Waals surface area contributed by atoms with E-state index in [9.17, 15) is 0 Å². The molecule has 3 N–H and O–H groups in total. The van der Waals surface area contributed by atoms with Crippen LogP contribution in [0.3, 0.4) is 0 Å². The number of nitrogens with zero attached hydrogens (tertiary/aromatic N) is 2. The van der Waals surface area contributed by atoms with E-state index in [2.05, 4.69) is 24.1 Å². The Hall–Kier alpha value is -1.76. The fourth-order valence-corrected chi connectivity index (χ4v) is 1.94. The Morgan fingerprint density at radius 3 is 2.72 bits per heavy atom. The Morgan fingerprint density at radius 2 is 2.11 bits per heavy atom. The molecule has 1 aromatic heterocycles. The fourth-order valence-electron chi connectivity index (χ4n) is 1.94. The molecule has 0 aliphatic carbocycles. The first kappa shape index (κ1) is 14.3. The molecule has 0 saturated carbocycles. The van der Waals surface area contributed by atoms with Crippen molar-refractivity contribution < 1.29 is 0 Å². The van der Waals surface area contributed by atoms with Crippen molar-refractivity contribution in [1.29, 1.82) is 5.26 Å². The van der Waals surface area contributed by atoms with E-state index < -0.39 is 0 Å². The average Bonchev–Trinajstić information content (AvgIpc) is 2.38. The van der Waals surface area contributed by atoms with Gasteiger partial charge in [-0.2, -0.15) is 5.26 Å². The number of nitrogen functional groups attached to an aromatic ring is 1. The molecule has 0 saturated heterocycles. The summed E-state index contributed by atoms with van der Waals surface area (Å²) in [6.45, 7) is 4.37. The molecule has 1 aromatic rings. The van der Waals surface area contributed by atoms with Gasteiger partial charge in [0.25, 0.3) is 0 Å². The molecule has 18 heavy (non-hydrogen) atoms. The van der Waals surface area contributed by atoms with E-state index in [4.69, 9.17) is 11.0 Å². The number of pyridine rings is 1. The van der Waals surface area contributed by atoms with Crippen LogP contribution in [0.5, 0.6) is 0 Å². The summed E-state index contributed by atoms with van der Waals surface area (Å²) >= 11 is 0. The van der Waals surface area contributed by atoms with E-state index in [0.29, 0.717) is 17.4 Å². The molecular weight excluding hydrogens is 224 g/mol. The molecule has 0 aliphatic rings. The van der Waals surface area contributed by atoms with Gasteiger partial charge < -0.3 is 11.1 Å². The number of rotatable bonds is 7. The minimum absolute atomic E-state index is 0.297. The summed E-state index contributed by atoms with van der Waals surface area (Å²) in [5, 5.41) is 12.3. The normalized spacial score (nSPS) is 11.8. The highest BCUT2D eigenvalue weighted by Gasteiger charge is 2.09. The second-order valence-corrected chi connectivity index (χ2v) is 4.52. The molecule has 0 aromatic carbocycles. The van der Waals surface area contributed by atoms with Crippen LogP contribution < -0.4 is 11.1 Å². The zero-order chi connectivity index (χ0) is 13.4. The second-order valence-electron chi connectivity index (χ2n) is 4.52. The quantitative estimate of drug-likeness (QED) is 0.774. The first-order valence-corrected chi connectivity index (χ1v) is 6.64. The number of anilines is 2. The minimum Gasteiger partial charge on any atom is -0.396 e. The van der Waals surface area contributed by atoms with E-state index in [-0.39, 0.29) is 0 Å². The standard InChI is InChI=1S/C14H22N4/c1-3-5-7-11(6-4-2)17-14-9-8-12(16)13(10-15)18-14/h8-9,11H,3-7,16H2,1-2H3,(H,17,18). The first-order valence-electron chi connectivity index (χ1n) is 6.64. The molecule has 4 nitrogen and oxygen atoms in total. The van der Waals surface area contributed by atoms with Crippen LogP contribution in [0.1, 0.15) is 51.6 Å². The molecule has 98 valence electrons. The Morgan fingerprint density at radius 1 is 1.33 bits per heavy atom. The van der Waals surface area contributed by atoms with Crippen molar-refractivity contribution in [2.24, 2.45) is 0 Å². The molecule has 0 aliphatic heterocycles. The zero-order valence-electron chi connectivity index (χ0n) is 11.2. The van der Waals surface area contributed by atoms with Crippen LogP contribution in [0, 0.1) is 11.3 Å². The van der Waals surface area contributed by atoms with Crippen molar-refractivity contribution in [3.05, 3.63) is 17.8 Å². The zero-order valence-corrected chi connectivity index (χ0v) is 11.2. The van der Waals surface area contributed by atoms with Crippen molar-refractivity contribution in [1.82, 2.24) is 4.98 Å². The number of nitrogens with one attached hydrogen (secondary N) is 1. The second kappa shape index (κ2) is 7.54. The predicted molar refractivity (Wildman–Crippen MR) is 75.2 cm³/mol. The van der Waals surface area contributed by atoms with Crippen molar-refractivity contribution >= 4 is 11.5 Å². The SMILES string of the molecule is CCCCC(CCC)Nc1ccc(N)c(C#N)n1. The lowest BCUT2D eigenvalue weighted by Crippen LogP contribution is -2.20. The minimum atomic E-state index is 0.297. The molecule has 1 atom stereocenters. The van der Waals surface area contributed by atoms with E-state index in [0.717, 1.165) is 25.1 Å². The van der Waals surface area contributed by atoms with Gasteiger partial charge in [0.1, 0.15) is 11.9 Å². The van der Waals surface area contributed by atoms with Gasteiger partial charge in [-0.15, -0.1) is 0 Å². The number of nitriles is 1. The van der Waals surface area contributed by atoms with Gasteiger partial charge in [0, 0.05) is 6.04 Å². The maximum Gasteiger partial charge on any atom is 0.165 e. The van der Waals surface area contributed by atoms with E-state index in [1.807, 2.05) is 12.1 Å². The Labute approximate surface area is 109 Å². The van der Waals surface area contributed by atoms with Gasteiger partial charge in [-0.3, -0.25) is 0 Å². The predicted octanol–water partition coefficient (Wildman–Crippen LogP) is 3.31. The van der Waals surface area contributed by atoms with Gasteiger partial charge in [-0.25, -0.2) is 4.98 Å². The lowest BCUT2D eigenvalue weighted by molar-refractivity contribution is 0.563. The lowest BCUT2D eigenvalue weighted by Gasteiger charge is -2.18. The highest BCUT2D eigenvalue weighted by molar-refractivity contribution is 5.54. The fraction of sp³-hybridized carbons (Fsp3) is 0.571. The maximum atomic E-state index is 8.90. The van der Waals surface area contributed by atoms with Crippen LogP contribution in [-0.2, 0) is 0 Å². The Balaban J connectivity index is 2.71. The van der Waals surface area contributed by atoms with Crippen LogP contribution in [-0.4, -0.2) is 11.0 Å². The summed E-state index contributed by atoms with van der Waals surface area (Å²) in [4.78, 5) is 4.22. The topological polar surface area (TPSA) is 74.7 Å². The third-order valence-corrected chi connectivity index (χ3v) is 2.93. The molecular formula is C14H22N4. The summed E-state index contributed by atoms with van der Waals surface area (Å²) in [7, 11) is 0. The van der Waals surface area contributed by atoms with E-state index >= 15 is 0 Å². The number of hydrogen-bond donors (Lipinski definition) is 2. The van der Waals surface area contributed by atoms with Crippen LogP contribution >= 0.6 is 0 Å². The van der Waals surface area contributed by atoms with Gasteiger partial charge in [-0.1, -0.05) is 33.1 Å². The molecule has 1 rings (SSSR count). The van der Waals surface area contributed by atoms with Crippen LogP contribution in [0.15, 0.2) is 12.1 Å². The highest BCUT2D eigenvalue weighted by atomic mass is 15.0. The molecule has 0 amide bonds. The summed E-state index contributed by atoms with van der Waals surface area (Å²) in [5.74, 6) is 0.746. The number of nitrogens with two attached hydrogens (primary N) is 1. The van der Waals surface area contributed by atoms with E-state index in [1.54, 1.807) is 6.07 Å². The average molecular weight is 246 g/mol. The summed E-state index contributed by atoms with van der Waals surface area (Å²) in [6.07, 6.45) is 5.80. The van der Waals surface area contributed by atoms with Gasteiger partial charge in [0.05, 0.1) is 5.69 Å². The van der Waals surface area contributed by atoms with Crippen molar-refractivity contribution in [2.75, 3.05) is 11.1 Å². The van der Waals surface area contributed by atoms with Crippen molar-refractivity contribution in [3.8, 4) is 6.07 Å². The summed E-state index contributed by atoms with van der Waals surface area (Å²) in [5.41, 5.74) is 6.39. The third kappa shape index (κ3) is 4.25. The largest absolute Gasteiger partial charge is 0.396 e. The Kier molecular flexibility index (Phi) is 5.99. The molecule has 0 fully saturated rings. The maximum absolute atomic E-state index is 8.90. The van der Waals surface area contributed by atoms with E-state index in [1.165, 1.54) is 12.8 Å². The van der Waals surface area contributed by atoms with Crippen LogP contribution in [0.25, 0.3) is 0 Å². The highest BCUT2D eigenvalue weighted by Crippen LogP contribution is 2.16. The van der Waals surface area contributed by atoms with Gasteiger partial charge >= 0.3 is 0 Å².